The number of carbonyl (C=O) groups is 2. The summed E-state index contributed by atoms with van der Waals surface area (Å²) in [7, 11) is 0. The van der Waals surface area contributed by atoms with E-state index in [0.717, 1.165) is 23.7 Å². The molecule has 0 saturated heterocycles. The number of carboxylic acid groups (broad SMARTS) is 1. The zero-order valence-electron chi connectivity index (χ0n) is 11.7. The zero-order chi connectivity index (χ0) is 15.0. The fourth-order valence-corrected chi connectivity index (χ4v) is 2.42. The fourth-order valence-electron chi connectivity index (χ4n) is 2.42. The lowest BCUT2D eigenvalue weighted by Crippen LogP contribution is -2.38. The van der Waals surface area contributed by atoms with Crippen molar-refractivity contribution in [2.24, 2.45) is 5.92 Å². The van der Waals surface area contributed by atoms with Gasteiger partial charge in [-0.05, 0) is 18.9 Å². The summed E-state index contributed by atoms with van der Waals surface area (Å²) in [5.74, 6) is -1.66. The van der Waals surface area contributed by atoms with Crippen LogP contribution in [-0.4, -0.2) is 44.7 Å². The number of fused-ring (bicyclic) bond motifs is 1. The maximum absolute atomic E-state index is 12.7. The van der Waals surface area contributed by atoms with Gasteiger partial charge in [-0.25, -0.2) is 0 Å². The molecule has 1 aliphatic rings. The Bertz CT molecular complexity index is 690. The van der Waals surface area contributed by atoms with Crippen molar-refractivity contribution in [3.05, 3.63) is 30.0 Å². The quantitative estimate of drug-likeness (QED) is 0.879. The largest absolute Gasteiger partial charge is 0.481 e. The number of para-hydroxylation sites is 1. The smallest absolute Gasteiger partial charge is 0.308 e. The van der Waals surface area contributed by atoms with E-state index >= 15 is 0 Å². The SMILES string of the molecule is C[C@H](CN(C(=O)c1n[nH]c2ccccc12)C1CC1)C(=O)O. The van der Waals surface area contributed by atoms with Gasteiger partial charge in [-0.2, -0.15) is 5.10 Å². The summed E-state index contributed by atoms with van der Waals surface area (Å²) in [6, 6.07) is 7.59. The number of rotatable bonds is 5. The number of carbonyl (C=O) groups excluding carboxylic acids is 1. The van der Waals surface area contributed by atoms with E-state index in [4.69, 9.17) is 5.11 Å². The molecule has 0 bridgehead atoms. The van der Waals surface area contributed by atoms with Crippen LogP contribution in [0.15, 0.2) is 24.3 Å². The van der Waals surface area contributed by atoms with Crippen molar-refractivity contribution < 1.29 is 14.7 Å². The zero-order valence-corrected chi connectivity index (χ0v) is 11.7. The van der Waals surface area contributed by atoms with Gasteiger partial charge in [0.25, 0.3) is 5.91 Å². The summed E-state index contributed by atoms with van der Waals surface area (Å²) in [6.45, 7) is 1.84. The third-order valence-corrected chi connectivity index (χ3v) is 3.81. The van der Waals surface area contributed by atoms with Gasteiger partial charge in [-0.3, -0.25) is 14.7 Å². The van der Waals surface area contributed by atoms with Crippen molar-refractivity contribution in [1.82, 2.24) is 15.1 Å². The van der Waals surface area contributed by atoms with E-state index < -0.39 is 11.9 Å². The summed E-state index contributed by atoms with van der Waals surface area (Å²) in [6.07, 6.45) is 1.86. The van der Waals surface area contributed by atoms with Crippen LogP contribution < -0.4 is 0 Å². The highest BCUT2D eigenvalue weighted by molar-refractivity contribution is 6.04. The normalized spacial score (nSPS) is 15.9. The van der Waals surface area contributed by atoms with Crippen LogP contribution in [0.25, 0.3) is 10.9 Å². The second-order valence-electron chi connectivity index (χ2n) is 5.55. The Morgan fingerprint density at radius 2 is 2.14 bits per heavy atom. The summed E-state index contributed by atoms with van der Waals surface area (Å²) in [4.78, 5) is 25.4. The molecule has 110 valence electrons. The summed E-state index contributed by atoms with van der Waals surface area (Å²) >= 11 is 0. The average Bonchev–Trinajstić information content (AvgIpc) is 3.22. The van der Waals surface area contributed by atoms with Gasteiger partial charge < -0.3 is 10.0 Å². The first-order valence-electron chi connectivity index (χ1n) is 7.05. The molecule has 21 heavy (non-hydrogen) atoms. The van der Waals surface area contributed by atoms with Gasteiger partial charge in [0.15, 0.2) is 5.69 Å². The van der Waals surface area contributed by atoms with Crippen LogP contribution in [-0.2, 0) is 4.79 Å². The number of amides is 1. The van der Waals surface area contributed by atoms with Crippen LogP contribution in [0.5, 0.6) is 0 Å². The molecule has 6 heteroatoms. The maximum atomic E-state index is 12.7. The predicted octanol–water partition coefficient (Wildman–Crippen LogP) is 1.89. The highest BCUT2D eigenvalue weighted by Crippen LogP contribution is 2.30. The Kier molecular flexibility index (Phi) is 3.37. The molecular formula is C15H17N3O3. The van der Waals surface area contributed by atoms with Crippen molar-refractivity contribution in [2.75, 3.05) is 6.54 Å². The van der Waals surface area contributed by atoms with Gasteiger partial charge in [0.05, 0.1) is 11.4 Å². The molecule has 1 aromatic carbocycles. The number of carboxylic acids is 1. The number of benzene rings is 1. The molecule has 3 rings (SSSR count). The second-order valence-corrected chi connectivity index (χ2v) is 5.55. The van der Waals surface area contributed by atoms with Crippen LogP contribution in [0.3, 0.4) is 0 Å². The molecule has 0 spiro atoms. The van der Waals surface area contributed by atoms with Crippen LogP contribution in [0.4, 0.5) is 0 Å². The molecule has 0 unspecified atom stereocenters. The van der Waals surface area contributed by atoms with Gasteiger partial charge in [-0.1, -0.05) is 25.1 Å². The van der Waals surface area contributed by atoms with Crippen molar-refractivity contribution in [3.63, 3.8) is 0 Å². The molecule has 1 aromatic heterocycles. The van der Waals surface area contributed by atoms with Crippen molar-refractivity contribution in [2.45, 2.75) is 25.8 Å². The Labute approximate surface area is 121 Å². The van der Waals surface area contributed by atoms with E-state index in [9.17, 15) is 9.59 Å². The molecule has 1 fully saturated rings. The number of aliphatic carboxylic acids is 1. The first-order valence-corrected chi connectivity index (χ1v) is 7.05. The number of nitrogens with one attached hydrogen (secondary N) is 1. The standard InChI is InChI=1S/C15H17N3O3/c1-9(15(20)21)8-18(10-6-7-10)14(19)13-11-4-2-3-5-12(11)16-17-13/h2-5,9-10H,6-8H2,1H3,(H,16,17)(H,20,21)/t9-/m1/s1. The Morgan fingerprint density at radius 1 is 1.43 bits per heavy atom. The van der Waals surface area contributed by atoms with E-state index in [2.05, 4.69) is 10.2 Å². The minimum absolute atomic E-state index is 0.148. The van der Waals surface area contributed by atoms with Crippen LogP contribution >= 0.6 is 0 Å². The number of hydrogen-bond donors (Lipinski definition) is 2. The summed E-state index contributed by atoms with van der Waals surface area (Å²) in [5, 5.41) is 16.8. The summed E-state index contributed by atoms with van der Waals surface area (Å²) < 4.78 is 0. The molecule has 1 amide bonds. The lowest BCUT2D eigenvalue weighted by molar-refractivity contribution is -0.141. The molecule has 2 N–H and O–H groups in total. The third-order valence-electron chi connectivity index (χ3n) is 3.81. The number of aromatic nitrogens is 2. The average molecular weight is 287 g/mol. The Morgan fingerprint density at radius 3 is 2.81 bits per heavy atom. The molecule has 0 aliphatic heterocycles. The third kappa shape index (κ3) is 2.61. The van der Waals surface area contributed by atoms with Gasteiger partial charge in [-0.15, -0.1) is 0 Å². The minimum Gasteiger partial charge on any atom is -0.481 e. The summed E-state index contributed by atoms with van der Waals surface area (Å²) in [5.41, 5.74) is 1.18. The molecule has 2 aromatic rings. The Hall–Kier alpha value is -2.37. The first kappa shape index (κ1) is 13.6. The minimum atomic E-state index is -0.889. The number of aromatic amines is 1. The van der Waals surface area contributed by atoms with Crippen LogP contribution in [0.2, 0.25) is 0 Å². The van der Waals surface area contributed by atoms with Gasteiger partial charge in [0.1, 0.15) is 0 Å². The van der Waals surface area contributed by atoms with E-state index in [1.54, 1.807) is 11.8 Å². The first-order chi connectivity index (χ1) is 10.1. The number of nitrogens with zero attached hydrogens (tertiary/aromatic N) is 2. The lowest BCUT2D eigenvalue weighted by Gasteiger charge is -2.23. The van der Waals surface area contributed by atoms with Crippen molar-refractivity contribution in [3.8, 4) is 0 Å². The molecule has 1 aliphatic carbocycles. The van der Waals surface area contributed by atoms with Gasteiger partial charge in [0.2, 0.25) is 0 Å². The van der Waals surface area contributed by atoms with E-state index in [1.165, 1.54) is 0 Å². The van der Waals surface area contributed by atoms with Crippen LogP contribution in [0, 0.1) is 5.92 Å². The second kappa shape index (κ2) is 5.20. The predicted molar refractivity (Wildman–Crippen MR) is 77.0 cm³/mol. The monoisotopic (exact) mass is 287 g/mol. The van der Waals surface area contributed by atoms with E-state index in [1.807, 2.05) is 24.3 Å². The molecule has 1 saturated carbocycles. The highest BCUT2D eigenvalue weighted by Gasteiger charge is 2.36. The lowest BCUT2D eigenvalue weighted by atomic mass is 10.1. The fraction of sp³-hybridized carbons (Fsp3) is 0.400. The van der Waals surface area contributed by atoms with Crippen molar-refractivity contribution >= 4 is 22.8 Å². The molecule has 6 nitrogen and oxygen atoms in total. The number of H-pyrrole nitrogens is 1. The molecule has 0 radical (unpaired) electrons. The number of hydrogen-bond acceptors (Lipinski definition) is 3. The highest BCUT2D eigenvalue weighted by atomic mass is 16.4. The van der Waals surface area contributed by atoms with E-state index in [0.29, 0.717) is 5.69 Å². The van der Waals surface area contributed by atoms with Gasteiger partial charge >= 0.3 is 5.97 Å². The van der Waals surface area contributed by atoms with Crippen LogP contribution in [0.1, 0.15) is 30.3 Å². The Balaban J connectivity index is 1.89. The van der Waals surface area contributed by atoms with E-state index in [-0.39, 0.29) is 18.5 Å². The molecular weight excluding hydrogens is 270 g/mol. The topological polar surface area (TPSA) is 86.3 Å². The molecule has 1 heterocycles. The van der Waals surface area contributed by atoms with Gasteiger partial charge in [0, 0.05) is 18.0 Å². The molecule has 1 atom stereocenters. The maximum Gasteiger partial charge on any atom is 0.308 e. The van der Waals surface area contributed by atoms with Crippen molar-refractivity contribution in [1.29, 1.82) is 0 Å².